The molecule has 0 saturated heterocycles. The number of hydrogen-bond acceptors (Lipinski definition) is 10. The van der Waals surface area contributed by atoms with Gasteiger partial charge in [0.15, 0.2) is 6.61 Å². The molecular formula is C24H31N3O11. The lowest BCUT2D eigenvalue weighted by molar-refractivity contribution is -0.142. The van der Waals surface area contributed by atoms with E-state index in [1.165, 1.54) is 25.2 Å². The van der Waals surface area contributed by atoms with E-state index in [2.05, 4.69) is 10.6 Å². The lowest BCUT2D eigenvalue weighted by Gasteiger charge is -2.21. The van der Waals surface area contributed by atoms with Crippen molar-refractivity contribution in [2.75, 3.05) is 59.8 Å². The first kappa shape index (κ1) is 30.3. The quantitative estimate of drug-likeness (QED) is 0.112. The van der Waals surface area contributed by atoms with Crippen LogP contribution in [0.25, 0.3) is 0 Å². The Kier molecular flexibility index (Phi) is 12.8. The molecule has 1 aliphatic heterocycles. The second kappa shape index (κ2) is 16.1. The summed E-state index contributed by atoms with van der Waals surface area (Å²) in [5.41, 5.74) is -0.00226. The minimum absolute atomic E-state index is 0.0233. The molecule has 14 heteroatoms. The number of fused-ring (bicyclic) bond motifs is 1. The van der Waals surface area contributed by atoms with Crippen molar-refractivity contribution >= 4 is 35.9 Å². The minimum Gasteiger partial charge on any atom is -0.483 e. The van der Waals surface area contributed by atoms with Gasteiger partial charge in [0.1, 0.15) is 18.6 Å². The SMILES string of the molecule is CNC(=O)CCC(C=O)N1C(=O)c2cccc(OCC(=O)NCCOCCOCCOCC(=O)O)c2C1=O. The van der Waals surface area contributed by atoms with E-state index >= 15 is 0 Å². The largest absolute Gasteiger partial charge is 0.483 e. The number of carboxylic acids is 1. The van der Waals surface area contributed by atoms with Crippen LogP contribution in [0, 0.1) is 0 Å². The van der Waals surface area contributed by atoms with Gasteiger partial charge in [0, 0.05) is 20.0 Å². The van der Waals surface area contributed by atoms with E-state index in [0.29, 0.717) is 6.29 Å². The second-order valence-corrected chi connectivity index (χ2v) is 7.88. The molecule has 1 aromatic carbocycles. The number of carbonyl (C=O) groups excluding carboxylic acids is 5. The molecule has 0 saturated carbocycles. The summed E-state index contributed by atoms with van der Waals surface area (Å²) in [7, 11) is 1.44. The van der Waals surface area contributed by atoms with Gasteiger partial charge in [0.25, 0.3) is 17.7 Å². The number of nitrogens with zero attached hydrogens (tertiary/aromatic N) is 1. The molecule has 0 fully saturated rings. The van der Waals surface area contributed by atoms with Gasteiger partial charge in [-0.15, -0.1) is 0 Å². The highest BCUT2D eigenvalue weighted by atomic mass is 16.5. The highest BCUT2D eigenvalue weighted by Gasteiger charge is 2.42. The summed E-state index contributed by atoms with van der Waals surface area (Å²) in [5.74, 6) is -3.26. The molecule has 0 aliphatic carbocycles. The zero-order valence-corrected chi connectivity index (χ0v) is 20.9. The molecular weight excluding hydrogens is 506 g/mol. The van der Waals surface area contributed by atoms with Crippen LogP contribution in [0.4, 0.5) is 0 Å². The molecule has 1 unspecified atom stereocenters. The molecule has 208 valence electrons. The van der Waals surface area contributed by atoms with Crippen LogP contribution in [0.5, 0.6) is 5.75 Å². The number of aldehydes is 1. The highest BCUT2D eigenvalue weighted by molar-refractivity contribution is 6.23. The van der Waals surface area contributed by atoms with Crippen molar-refractivity contribution in [1.29, 1.82) is 0 Å². The van der Waals surface area contributed by atoms with E-state index in [0.717, 1.165) is 4.90 Å². The van der Waals surface area contributed by atoms with Crippen LogP contribution in [0.2, 0.25) is 0 Å². The Hall–Kier alpha value is -3.88. The number of amides is 4. The monoisotopic (exact) mass is 537 g/mol. The maximum atomic E-state index is 13.0. The van der Waals surface area contributed by atoms with Crippen molar-refractivity contribution in [2.45, 2.75) is 18.9 Å². The molecule has 0 spiro atoms. The number of nitrogens with one attached hydrogen (secondary N) is 2. The van der Waals surface area contributed by atoms with Gasteiger partial charge < -0.3 is 39.5 Å². The fraction of sp³-hybridized carbons (Fsp3) is 0.500. The molecule has 3 N–H and O–H groups in total. The summed E-state index contributed by atoms with van der Waals surface area (Å²) in [5, 5.41) is 13.4. The van der Waals surface area contributed by atoms with E-state index in [1.54, 1.807) is 0 Å². The summed E-state index contributed by atoms with van der Waals surface area (Å²) in [4.78, 5) is 72.1. The number of aliphatic carboxylic acids is 1. The maximum absolute atomic E-state index is 13.0. The standard InChI is InChI=1S/C24H31N3O11/c1-25-19(29)6-5-16(13-28)27-23(33)17-3-2-4-18(22(17)24(27)34)38-14-20(30)26-7-8-35-9-10-36-11-12-37-15-21(31)32/h2-4,13,16H,5-12,14-15H2,1H3,(H,25,29)(H,26,30)(H,31,32). The average Bonchev–Trinajstić information content (AvgIpc) is 3.16. The topological polar surface area (TPSA) is 187 Å². The molecule has 1 heterocycles. The van der Waals surface area contributed by atoms with Crippen molar-refractivity contribution in [3.8, 4) is 5.75 Å². The van der Waals surface area contributed by atoms with E-state index < -0.39 is 36.3 Å². The van der Waals surface area contributed by atoms with Crippen LogP contribution < -0.4 is 15.4 Å². The third-order valence-electron chi connectivity index (χ3n) is 5.24. The van der Waals surface area contributed by atoms with Crippen molar-refractivity contribution in [1.82, 2.24) is 15.5 Å². The third-order valence-corrected chi connectivity index (χ3v) is 5.24. The molecule has 0 aromatic heterocycles. The summed E-state index contributed by atoms with van der Waals surface area (Å²) >= 11 is 0. The first-order valence-electron chi connectivity index (χ1n) is 11.8. The molecule has 4 amide bonds. The fourth-order valence-corrected chi connectivity index (χ4v) is 3.41. The lowest BCUT2D eigenvalue weighted by Crippen LogP contribution is -2.41. The van der Waals surface area contributed by atoms with Crippen LogP contribution in [-0.2, 0) is 33.4 Å². The normalized spacial score (nSPS) is 13.1. The van der Waals surface area contributed by atoms with Crippen molar-refractivity contribution in [2.24, 2.45) is 0 Å². The van der Waals surface area contributed by atoms with E-state index in [-0.39, 0.29) is 81.8 Å². The maximum Gasteiger partial charge on any atom is 0.329 e. The summed E-state index contributed by atoms with van der Waals surface area (Å²) in [6.45, 7) is 0.498. The number of carbonyl (C=O) groups is 6. The molecule has 1 aromatic rings. The van der Waals surface area contributed by atoms with Crippen molar-refractivity contribution in [3.63, 3.8) is 0 Å². The average molecular weight is 538 g/mol. The molecule has 0 radical (unpaired) electrons. The zero-order valence-electron chi connectivity index (χ0n) is 20.9. The predicted molar refractivity (Wildman–Crippen MR) is 129 cm³/mol. The highest BCUT2D eigenvalue weighted by Crippen LogP contribution is 2.32. The summed E-state index contributed by atoms with van der Waals surface area (Å²) in [6.07, 6.45) is 0.378. The van der Waals surface area contributed by atoms with Gasteiger partial charge in [-0.2, -0.15) is 0 Å². The Morgan fingerprint density at radius 1 is 0.974 bits per heavy atom. The molecule has 14 nitrogen and oxygen atoms in total. The minimum atomic E-state index is -1.12. The Balaban J connectivity index is 1.75. The fourth-order valence-electron chi connectivity index (χ4n) is 3.41. The van der Waals surface area contributed by atoms with Gasteiger partial charge in [-0.05, 0) is 18.6 Å². The van der Waals surface area contributed by atoms with Crippen LogP contribution in [0.1, 0.15) is 33.6 Å². The van der Waals surface area contributed by atoms with Gasteiger partial charge in [-0.3, -0.25) is 24.1 Å². The Bertz CT molecular complexity index is 1010. The Morgan fingerprint density at radius 3 is 2.32 bits per heavy atom. The Labute approximate surface area is 218 Å². The zero-order chi connectivity index (χ0) is 27.9. The predicted octanol–water partition coefficient (Wildman–Crippen LogP) is -0.994. The third kappa shape index (κ3) is 9.21. The summed E-state index contributed by atoms with van der Waals surface area (Å²) in [6, 6.07) is 3.24. The Morgan fingerprint density at radius 2 is 1.66 bits per heavy atom. The van der Waals surface area contributed by atoms with Gasteiger partial charge >= 0.3 is 5.97 Å². The van der Waals surface area contributed by atoms with Crippen molar-refractivity contribution in [3.05, 3.63) is 29.3 Å². The second-order valence-electron chi connectivity index (χ2n) is 7.88. The molecule has 2 rings (SSSR count). The number of rotatable bonds is 19. The molecule has 1 atom stereocenters. The number of ether oxygens (including phenoxy) is 4. The number of carboxylic acid groups (broad SMARTS) is 1. The first-order valence-corrected chi connectivity index (χ1v) is 11.8. The van der Waals surface area contributed by atoms with Gasteiger partial charge in [-0.25, -0.2) is 4.79 Å². The van der Waals surface area contributed by atoms with Crippen LogP contribution in [0.15, 0.2) is 18.2 Å². The van der Waals surface area contributed by atoms with E-state index in [4.69, 9.17) is 24.1 Å². The van der Waals surface area contributed by atoms with Gasteiger partial charge in [0.2, 0.25) is 5.91 Å². The van der Waals surface area contributed by atoms with E-state index in [9.17, 15) is 28.8 Å². The molecule has 38 heavy (non-hydrogen) atoms. The molecule has 0 bridgehead atoms. The van der Waals surface area contributed by atoms with Crippen molar-refractivity contribution < 1.29 is 52.8 Å². The number of imide groups is 1. The van der Waals surface area contributed by atoms with Crippen LogP contribution in [0.3, 0.4) is 0 Å². The number of hydrogen-bond donors (Lipinski definition) is 3. The van der Waals surface area contributed by atoms with E-state index in [1.807, 2.05) is 0 Å². The molecule has 1 aliphatic rings. The summed E-state index contributed by atoms with van der Waals surface area (Å²) < 4.78 is 20.8. The smallest absolute Gasteiger partial charge is 0.329 e. The van der Waals surface area contributed by atoms with Gasteiger partial charge in [0.05, 0.1) is 50.2 Å². The number of benzene rings is 1. The first-order chi connectivity index (χ1) is 18.3. The van der Waals surface area contributed by atoms with Crippen LogP contribution >= 0.6 is 0 Å². The lowest BCUT2D eigenvalue weighted by atomic mass is 10.1. The van der Waals surface area contributed by atoms with Gasteiger partial charge in [-0.1, -0.05) is 6.07 Å². The van der Waals surface area contributed by atoms with Crippen LogP contribution in [-0.4, -0.2) is 112 Å².